The number of aryl methyl sites for hydroxylation is 1. The van der Waals surface area contributed by atoms with Gasteiger partial charge in [-0.05, 0) is 46.0 Å². The molecule has 0 bridgehead atoms. The van der Waals surface area contributed by atoms with E-state index in [1.165, 1.54) is 9.75 Å². The third kappa shape index (κ3) is 4.33. The Bertz CT molecular complexity index is 336. The van der Waals surface area contributed by atoms with Crippen LogP contribution in [-0.4, -0.2) is 19.5 Å². The fourth-order valence-electron chi connectivity index (χ4n) is 1.50. The molecule has 0 radical (unpaired) electrons. The minimum Gasteiger partial charge on any atom is -0.349 e. The lowest BCUT2D eigenvalue weighted by Gasteiger charge is -2.12. The molecule has 0 aromatic carbocycles. The predicted octanol–water partition coefficient (Wildman–Crippen LogP) is 2.23. The molecule has 3 nitrogen and oxygen atoms in total. The Hall–Kier alpha value is -0.870. The number of nitrogens with one attached hydrogen (secondary N) is 2. The number of thiophene rings is 1. The van der Waals surface area contributed by atoms with Crippen molar-refractivity contribution in [1.29, 1.82) is 0 Å². The van der Waals surface area contributed by atoms with E-state index >= 15 is 0 Å². The lowest BCUT2D eigenvalue weighted by atomic mass is 10.2. The molecule has 0 aliphatic heterocycles. The smallest absolute Gasteiger partial charge is 0.220 e. The Morgan fingerprint density at radius 3 is 2.81 bits per heavy atom. The number of carbonyl (C=O) groups excluding carboxylic acids is 1. The first-order chi connectivity index (χ1) is 7.63. The van der Waals surface area contributed by atoms with E-state index in [0.29, 0.717) is 6.42 Å². The molecule has 0 aliphatic rings. The molecule has 1 atom stereocenters. The van der Waals surface area contributed by atoms with Gasteiger partial charge in [0.05, 0.1) is 6.04 Å². The lowest BCUT2D eigenvalue weighted by Crippen LogP contribution is -2.26. The summed E-state index contributed by atoms with van der Waals surface area (Å²) < 4.78 is 0. The first kappa shape index (κ1) is 13.2. The van der Waals surface area contributed by atoms with Crippen LogP contribution in [0.25, 0.3) is 0 Å². The minimum absolute atomic E-state index is 0.126. The Morgan fingerprint density at radius 1 is 1.50 bits per heavy atom. The summed E-state index contributed by atoms with van der Waals surface area (Å²) in [4.78, 5) is 14.1. The molecule has 0 fully saturated rings. The van der Waals surface area contributed by atoms with Gasteiger partial charge in [0.1, 0.15) is 0 Å². The van der Waals surface area contributed by atoms with Crippen LogP contribution >= 0.6 is 11.3 Å². The average molecular weight is 240 g/mol. The van der Waals surface area contributed by atoms with E-state index in [2.05, 4.69) is 29.7 Å². The Balaban J connectivity index is 2.33. The summed E-state index contributed by atoms with van der Waals surface area (Å²) in [7, 11) is 1.90. The molecular weight excluding hydrogens is 220 g/mol. The van der Waals surface area contributed by atoms with Gasteiger partial charge in [0, 0.05) is 16.2 Å². The Labute approximate surface area is 101 Å². The van der Waals surface area contributed by atoms with Crippen molar-refractivity contribution in [2.75, 3.05) is 13.6 Å². The number of amides is 1. The molecule has 1 heterocycles. The summed E-state index contributed by atoms with van der Waals surface area (Å²) in [6.07, 6.45) is 1.48. The quantitative estimate of drug-likeness (QED) is 0.749. The van der Waals surface area contributed by atoms with E-state index in [4.69, 9.17) is 0 Å². The molecule has 1 aromatic rings. The molecule has 0 aliphatic carbocycles. The molecule has 1 aromatic heterocycles. The summed E-state index contributed by atoms with van der Waals surface area (Å²) >= 11 is 1.74. The van der Waals surface area contributed by atoms with Gasteiger partial charge in [0.25, 0.3) is 0 Å². The van der Waals surface area contributed by atoms with Crippen molar-refractivity contribution in [3.8, 4) is 0 Å². The molecule has 1 rings (SSSR count). The van der Waals surface area contributed by atoms with E-state index in [1.54, 1.807) is 11.3 Å². The highest BCUT2D eigenvalue weighted by atomic mass is 32.1. The average Bonchev–Trinajstić information content (AvgIpc) is 2.65. The predicted molar refractivity (Wildman–Crippen MR) is 68.8 cm³/mol. The number of carbonyl (C=O) groups is 1. The van der Waals surface area contributed by atoms with E-state index in [1.807, 2.05) is 14.0 Å². The largest absolute Gasteiger partial charge is 0.349 e. The molecule has 0 saturated heterocycles. The van der Waals surface area contributed by atoms with Crippen molar-refractivity contribution < 1.29 is 4.79 Å². The van der Waals surface area contributed by atoms with Crippen LogP contribution in [-0.2, 0) is 4.79 Å². The zero-order valence-electron chi connectivity index (χ0n) is 10.2. The maximum absolute atomic E-state index is 11.6. The van der Waals surface area contributed by atoms with Gasteiger partial charge in [-0.3, -0.25) is 4.79 Å². The highest BCUT2D eigenvalue weighted by molar-refractivity contribution is 7.12. The molecule has 2 N–H and O–H groups in total. The Morgan fingerprint density at radius 2 is 2.25 bits per heavy atom. The van der Waals surface area contributed by atoms with Gasteiger partial charge in [-0.1, -0.05) is 0 Å². The molecule has 1 amide bonds. The molecule has 16 heavy (non-hydrogen) atoms. The van der Waals surface area contributed by atoms with E-state index in [9.17, 15) is 4.79 Å². The van der Waals surface area contributed by atoms with Crippen molar-refractivity contribution in [3.63, 3.8) is 0 Å². The third-order valence-corrected chi connectivity index (χ3v) is 3.58. The van der Waals surface area contributed by atoms with Crippen LogP contribution < -0.4 is 10.6 Å². The first-order valence-corrected chi connectivity index (χ1v) is 6.45. The van der Waals surface area contributed by atoms with Gasteiger partial charge in [0.2, 0.25) is 5.91 Å². The van der Waals surface area contributed by atoms with Gasteiger partial charge >= 0.3 is 0 Å². The monoisotopic (exact) mass is 240 g/mol. The topological polar surface area (TPSA) is 41.1 Å². The lowest BCUT2D eigenvalue weighted by molar-refractivity contribution is -0.121. The van der Waals surface area contributed by atoms with Gasteiger partial charge in [-0.25, -0.2) is 0 Å². The van der Waals surface area contributed by atoms with E-state index in [-0.39, 0.29) is 11.9 Å². The summed E-state index contributed by atoms with van der Waals surface area (Å²) in [6.45, 7) is 5.00. The molecule has 1 unspecified atom stereocenters. The SMILES string of the molecule is CNCCCC(=O)NC(C)c1ccc(C)s1. The fourth-order valence-corrected chi connectivity index (χ4v) is 2.38. The maximum atomic E-state index is 11.6. The van der Waals surface area contributed by atoms with Crippen molar-refractivity contribution in [3.05, 3.63) is 21.9 Å². The summed E-state index contributed by atoms with van der Waals surface area (Å²) in [5.74, 6) is 0.133. The number of hydrogen-bond donors (Lipinski definition) is 2. The Kier molecular flexibility index (Phi) is 5.49. The second-order valence-corrected chi connectivity index (χ2v) is 5.26. The van der Waals surface area contributed by atoms with Crippen LogP contribution in [0.5, 0.6) is 0 Å². The normalized spacial score (nSPS) is 12.4. The number of rotatable bonds is 6. The molecule has 0 saturated carbocycles. The summed E-state index contributed by atoms with van der Waals surface area (Å²) in [6, 6.07) is 4.29. The van der Waals surface area contributed by atoms with Crippen LogP contribution in [0, 0.1) is 6.92 Å². The van der Waals surface area contributed by atoms with E-state index < -0.39 is 0 Å². The van der Waals surface area contributed by atoms with Gasteiger partial charge in [-0.15, -0.1) is 11.3 Å². The summed E-state index contributed by atoms with van der Waals surface area (Å²) in [5.41, 5.74) is 0. The molecule has 90 valence electrons. The highest BCUT2D eigenvalue weighted by Crippen LogP contribution is 2.22. The van der Waals surface area contributed by atoms with Gasteiger partial charge < -0.3 is 10.6 Å². The highest BCUT2D eigenvalue weighted by Gasteiger charge is 2.10. The van der Waals surface area contributed by atoms with Crippen LogP contribution in [0.15, 0.2) is 12.1 Å². The van der Waals surface area contributed by atoms with E-state index in [0.717, 1.165) is 13.0 Å². The third-order valence-electron chi connectivity index (χ3n) is 2.40. The minimum atomic E-state index is 0.126. The standard InChI is InChI=1S/C12H20N2OS/c1-9-6-7-11(16-9)10(2)14-12(15)5-4-8-13-3/h6-7,10,13H,4-5,8H2,1-3H3,(H,14,15). The molecule has 4 heteroatoms. The zero-order valence-corrected chi connectivity index (χ0v) is 11.0. The summed E-state index contributed by atoms with van der Waals surface area (Å²) in [5, 5.41) is 6.05. The fraction of sp³-hybridized carbons (Fsp3) is 0.583. The number of hydrogen-bond acceptors (Lipinski definition) is 3. The van der Waals surface area contributed by atoms with Crippen molar-refractivity contribution in [2.45, 2.75) is 32.7 Å². The second-order valence-electron chi connectivity index (χ2n) is 3.94. The van der Waals surface area contributed by atoms with Crippen LogP contribution in [0.2, 0.25) is 0 Å². The van der Waals surface area contributed by atoms with Gasteiger partial charge in [0.15, 0.2) is 0 Å². The molecule has 0 spiro atoms. The first-order valence-electron chi connectivity index (χ1n) is 5.63. The van der Waals surface area contributed by atoms with Crippen LogP contribution in [0.4, 0.5) is 0 Å². The second kappa shape index (κ2) is 6.66. The van der Waals surface area contributed by atoms with Crippen LogP contribution in [0.3, 0.4) is 0 Å². The van der Waals surface area contributed by atoms with Crippen LogP contribution in [0.1, 0.15) is 35.6 Å². The maximum Gasteiger partial charge on any atom is 0.220 e. The van der Waals surface area contributed by atoms with Gasteiger partial charge in [-0.2, -0.15) is 0 Å². The van der Waals surface area contributed by atoms with Crippen molar-refractivity contribution >= 4 is 17.2 Å². The van der Waals surface area contributed by atoms with Crippen molar-refractivity contribution in [2.24, 2.45) is 0 Å². The zero-order chi connectivity index (χ0) is 12.0. The molecular formula is C12H20N2OS. The van der Waals surface area contributed by atoms with Crippen molar-refractivity contribution in [1.82, 2.24) is 10.6 Å².